The highest BCUT2D eigenvalue weighted by Crippen LogP contribution is 2.24. The average molecular weight is 220 g/mol. The molecule has 1 aliphatic heterocycles. The lowest BCUT2D eigenvalue weighted by atomic mass is 9.99. The SMILES string of the molecule is CC(C)c1nc(N(C)C)nc2c1CNCC2. The van der Waals surface area contributed by atoms with Crippen molar-refractivity contribution in [2.24, 2.45) is 0 Å². The number of rotatable bonds is 2. The van der Waals surface area contributed by atoms with E-state index in [1.807, 2.05) is 19.0 Å². The molecule has 1 aromatic heterocycles. The third kappa shape index (κ3) is 2.02. The molecule has 1 aliphatic rings. The number of nitrogens with one attached hydrogen (secondary N) is 1. The first-order valence-electron chi connectivity index (χ1n) is 5.87. The Morgan fingerprint density at radius 3 is 2.62 bits per heavy atom. The lowest BCUT2D eigenvalue weighted by Gasteiger charge is -2.23. The summed E-state index contributed by atoms with van der Waals surface area (Å²) in [7, 11) is 3.99. The largest absolute Gasteiger partial charge is 0.347 e. The molecule has 1 aromatic rings. The molecule has 0 aliphatic carbocycles. The zero-order valence-electron chi connectivity index (χ0n) is 10.5. The molecule has 0 atom stereocenters. The summed E-state index contributed by atoms with van der Waals surface area (Å²) in [6.07, 6.45) is 1.01. The zero-order chi connectivity index (χ0) is 11.7. The van der Waals surface area contributed by atoms with E-state index in [1.165, 1.54) is 17.0 Å². The summed E-state index contributed by atoms with van der Waals surface area (Å²) < 4.78 is 0. The minimum Gasteiger partial charge on any atom is -0.347 e. The fourth-order valence-electron chi connectivity index (χ4n) is 2.03. The summed E-state index contributed by atoms with van der Waals surface area (Å²) in [6, 6.07) is 0. The number of fused-ring (bicyclic) bond motifs is 1. The van der Waals surface area contributed by atoms with Crippen molar-refractivity contribution in [2.75, 3.05) is 25.5 Å². The van der Waals surface area contributed by atoms with Gasteiger partial charge >= 0.3 is 0 Å². The van der Waals surface area contributed by atoms with Crippen LogP contribution in [-0.4, -0.2) is 30.6 Å². The molecule has 0 fully saturated rings. The van der Waals surface area contributed by atoms with E-state index >= 15 is 0 Å². The van der Waals surface area contributed by atoms with Crippen LogP contribution in [0.4, 0.5) is 5.95 Å². The summed E-state index contributed by atoms with van der Waals surface area (Å²) in [5.41, 5.74) is 3.73. The van der Waals surface area contributed by atoms with Crippen LogP contribution >= 0.6 is 0 Å². The second kappa shape index (κ2) is 4.37. The van der Waals surface area contributed by atoms with Gasteiger partial charge in [0.25, 0.3) is 0 Å². The van der Waals surface area contributed by atoms with Gasteiger partial charge in [0.05, 0.1) is 11.4 Å². The maximum absolute atomic E-state index is 4.66. The van der Waals surface area contributed by atoms with Crippen molar-refractivity contribution in [1.82, 2.24) is 15.3 Å². The summed E-state index contributed by atoms with van der Waals surface area (Å²) in [5.74, 6) is 1.29. The van der Waals surface area contributed by atoms with Crippen LogP contribution in [0.25, 0.3) is 0 Å². The molecule has 0 radical (unpaired) electrons. The Labute approximate surface area is 97.1 Å². The number of nitrogens with zero attached hydrogens (tertiary/aromatic N) is 3. The van der Waals surface area contributed by atoms with Crippen LogP contribution in [0.5, 0.6) is 0 Å². The first-order chi connectivity index (χ1) is 7.59. The predicted molar refractivity (Wildman–Crippen MR) is 65.9 cm³/mol. The molecule has 4 nitrogen and oxygen atoms in total. The fraction of sp³-hybridized carbons (Fsp3) is 0.667. The molecule has 2 heterocycles. The van der Waals surface area contributed by atoms with Crippen molar-refractivity contribution in [1.29, 1.82) is 0 Å². The van der Waals surface area contributed by atoms with Gasteiger partial charge in [-0.25, -0.2) is 9.97 Å². The highest BCUT2D eigenvalue weighted by molar-refractivity contribution is 5.38. The van der Waals surface area contributed by atoms with Crippen LogP contribution < -0.4 is 10.2 Å². The minimum absolute atomic E-state index is 0.454. The molecule has 0 amide bonds. The zero-order valence-corrected chi connectivity index (χ0v) is 10.5. The Morgan fingerprint density at radius 2 is 2.00 bits per heavy atom. The van der Waals surface area contributed by atoms with Gasteiger partial charge in [-0.3, -0.25) is 0 Å². The number of hydrogen-bond acceptors (Lipinski definition) is 4. The maximum Gasteiger partial charge on any atom is 0.225 e. The van der Waals surface area contributed by atoms with Crippen molar-refractivity contribution >= 4 is 5.95 Å². The van der Waals surface area contributed by atoms with Crippen LogP contribution in [0.1, 0.15) is 36.7 Å². The highest BCUT2D eigenvalue weighted by Gasteiger charge is 2.19. The Balaban J connectivity index is 2.52. The van der Waals surface area contributed by atoms with E-state index in [9.17, 15) is 0 Å². The summed E-state index contributed by atoms with van der Waals surface area (Å²) in [6.45, 7) is 6.32. The molecule has 0 saturated heterocycles. The highest BCUT2D eigenvalue weighted by atomic mass is 15.2. The quantitative estimate of drug-likeness (QED) is 0.816. The molecule has 1 N–H and O–H groups in total. The summed E-state index contributed by atoms with van der Waals surface area (Å²) in [5, 5.41) is 3.39. The van der Waals surface area contributed by atoms with Gasteiger partial charge in [-0.2, -0.15) is 0 Å². The molecule has 16 heavy (non-hydrogen) atoms. The van der Waals surface area contributed by atoms with E-state index in [-0.39, 0.29) is 0 Å². The molecule has 0 spiro atoms. The lowest BCUT2D eigenvalue weighted by molar-refractivity contribution is 0.607. The van der Waals surface area contributed by atoms with Crippen molar-refractivity contribution < 1.29 is 0 Å². The van der Waals surface area contributed by atoms with E-state index in [1.54, 1.807) is 0 Å². The second-order valence-electron chi connectivity index (χ2n) is 4.81. The van der Waals surface area contributed by atoms with Gasteiger partial charge < -0.3 is 10.2 Å². The first-order valence-corrected chi connectivity index (χ1v) is 5.87. The monoisotopic (exact) mass is 220 g/mol. The van der Waals surface area contributed by atoms with E-state index in [0.717, 1.165) is 25.5 Å². The Hall–Kier alpha value is -1.16. The molecule has 4 heteroatoms. The van der Waals surface area contributed by atoms with Gasteiger partial charge in [0.15, 0.2) is 0 Å². The van der Waals surface area contributed by atoms with Crippen molar-refractivity contribution in [3.8, 4) is 0 Å². The van der Waals surface area contributed by atoms with Gasteiger partial charge in [-0.15, -0.1) is 0 Å². The summed E-state index contributed by atoms with van der Waals surface area (Å²) >= 11 is 0. The maximum atomic E-state index is 4.66. The number of anilines is 1. The van der Waals surface area contributed by atoms with Gasteiger partial charge in [-0.1, -0.05) is 13.8 Å². The molecule has 0 aromatic carbocycles. The van der Waals surface area contributed by atoms with Crippen molar-refractivity contribution in [3.63, 3.8) is 0 Å². The smallest absolute Gasteiger partial charge is 0.225 e. The van der Waals surface area contributed by atoms with E-state index in [2.05, 4.69) is 29.1 Å². The molecule has 0 saturated carbocycles. The standard InChI is InChI=1S/C12H20N4/c1-8(2)11-9-7-13-6-5-10(9)14-12(15-11)16(3)4/h8,13H,5-7H2,1-4H3. The van der Waals surface area contributed by atoms with Crippen molar-refractivity contribution in [2.45, 2.75) is 32.7 Å². The van der Waals surface area contributed by atoms with Crippen LogP contribution in [0, 0.1) is 0 Å². The molecule has 2 rings (SSSR count). The van der Waals surface area contributed by atoms with Crippen LogP contribution in [0.3, 0.4) is 0 Å². The van der Waals surface area contributed by atoms with Crippen LogP contribution in [0.15, 0.2) is 0 Å². The summed E-state index contributed by atoms with van der Waals surface area (Å²) in [4.78, 5) is 11.3. The topological polar surface area (TPSA) is 41.1 Å². The van der Waals surface area contributed by atoms with Gasteiger partial charge in [0, 0.05) is 39.2 Å². The van der Waals surface area contributed by atoms with E-state index in [0.29, 0.717) is 5.92 Å². The second-order valence-corrected chi connectivity index (χ2v) is 4.81. The van der Waals surface area contributed by atoms with Gasteiger partial charge in [0.1, 0.15) is 0 Å². The Kier molecular flexibility index (Phi) is 3.10. The molecule has 88 valence electrons. The van der Waals surface area contributed by atoms with Gasteiger partial charge in [-0.05, 0) is 5.92 Å². The lowest BCUT2D eigenvalue weighted by Crippen LogP contribution is -2.28. The van der Waals surface area contributed by atoms with Crippen LogP contribution in [-0.2, 0) is 13.0 Å². The predicted octanol–water partition coefficient (Wildman–Crippen LogP) is 1.31. The minimum atomic E-state index is 0.454. The fourth-order valence-corrected chi connectivity index (χ4v) is 2.03. The van der Waals surface area contributed by atoms with E-state index < -0.39 is 0 Å². The van der Waals surface area contributed by atoms with Crippen LogP contribution in [0.2, 0.25) is 0 Å². The third-order valence-electron chi connectivity index (χ3n) is 2.90. The first kappa shape index (κ1) is 11.3. The normalized spacial score (nSPS) is 15.1. The Morgan fingerprint density at radius 1 is 1.25 bits per heavy atom. The molecule has 0 bridgehead atoms. The molecular formula is C12H20N4. The molecule has 0 unspecified atom stereocenters. The number of hydrogen-bond donors (Lipinski definition) is 1. The Bertz CT molecular complexity index is 385. The third-order valence-corrected chi connectivity index (χ3v) is 2.90. The van der Waals surface area contributed by atoms with E-state index in [4.69, 9.17) is 0 Å². The number of aromatic nitrogens is 2. The average Bonchev–Trinajstić information content (AvgIpc) is 2.27. The van der Waals surface area contributed by atoms with Crippen molar-refractivity contribution in [3.05, 3.63) is 17.0 Å². The van der Waals surface area contributed by atoms with Gasteiger partial charge in [0.2, 0.25) is 5.95 Å². The molecular weight excluding hydrogens is 200 g/mol.